The van der Waals surface area contributed by atoms with E-state index in [0.29, 0.717) is 18.9 Å². The molecule has 0 spiro atoms. The highest BCUT2D eigenvalue weighted by Crippen LogP contribution is 2.12. The molecular weight excluding hydrogens is 182 g/mol. The molecule has 1 unspecified atom stereocenters. The van der Waals surface area contributed by atoms with Gasteiger partial charge in [0.25, 0.3) is 0 Å². The van der Waals surface area contributed by atoms with E-state index >= 15 is 0 Å². The fourth-order valence-electron chi connectivity index (χ4n) is 1.76. The Bertz CT molecular complexity index is 263. The van der Waals surface area contributed by atoms with Crippen molar-refractivity contribution in [2.45, 2.75) is 24.9 Å². The molecule has 5 nitrogen and oxygen atoms in total. The second-order valence-corrected chi connectivity index (χ2v) is 3.90. The van der Waals surface area contributed by atoms with Gasteiger partial charge in [-0.2, -0.15) is 0 Å². The van der Waals surface area contributed by atoms with Crippen LogP contribution in [0.25, 0.3) is 0 Å². The van der Waals surface area contributed by atoms with Gasteiger partial charge in [-0.05, 0) is 6.42 Å². The van der Waals surface area contributed by atoms with Crippen molar-refractivity contribution in [2.75, 3.05) is 20.1 Å². The first kappa shape index (κ1) is 9.61. The molecule has 2 aliphatic rings. The maximum absolute atomic E-state index is 11.6. The van der Waals surface area contributed by atoms with E-state index in [4.69, 9.17) is 0 Å². The molecule has 2 N–H and O–H groups in total. The molecule has 0 bridgehead atoms. The van der Waals surface area contributed by atoms with Crippen molar-refractivity contribution in [3.05, 3.63) is 0 Å². The summed E-state index contributed by atoms with van der Waals surface area (Å²) < 4.78 is 0. The van der Waals surface area contributed by atoms with Crippen molar-refractivity contribution in [3.63, 3.8) is 0 Å². The van der Waals surface area contributed by atoms with Crippen LogP contribution in [-0.4, -0.2) is 48.9 Å². The number of amides is 2. The molecule has 2 heterocycles. The van der Waals surface area contributed by atoms with Crippen LogP contribution in [0.5, 0.6) is 0 Å². The van der Waals surface area contributed by atoms with Crippen molar-refractivity contribution in [3.8, 4) is 0 Å². The maximum atomic E-state index is 11.6. The number of imide groups is 1. The molecule has 1 atom stereocenters. The largest absolute Gasteiger partial charge is 0.314 e. The van der Waals surface area contributed by atoms with E-state index < -0.39 is 0 Å². The number of hydrogen-bond acceptors (Lipinski definition) is 4. The van der Waals surface area contributed by atoms with E-state index in [9.17, 15) is 9.59 Å². The van der Waals surface area contributed by atoms with E-state index in [1.54, 1.807) is 7.05 Å². The number of likely N-dealkylation sites (tertiary alicyclic amines) is 1. The SMILES string of the molecule is CN1C(=O)CCC(NC2CNC2)C1=O. The van der Waals surface area contributed by atoms with E-state index in [1.807, 2.05) is 0 Å². The monoisotopic (exact) mass is 197 g/mol. The third kappa shape index (κ3) is 1.65. The topological polar surface area (TPSA) is 61.4 Å². The molecule has 0 radical (unpaired) electrons. The predicted molar refractivity (Wildman–Crippen MR) is 50.6 cm³/mol. The van der Waals surface area contributed by atoms with Crippen LogP contribution in [0.3, 0.4) is 0 Å². The van der Waals surface area contributed by atoms with Crippen LogP contribution in [0.15, 0.2) is 0 Å². The van der Waals surface area contributed by atoms with Crippen LogP contribution < -0.4 is 10.6 Å². The smallest absolute Gasteiger partial charge is 0.246 e. The Hall–Kier alpha value is -0.940. The zero-order valence-corrected chi connectivity index (χ0v) is 8.25. The van der Waals surface area contributed by atoms with Gasteiger partial charge in [-0.1, -0.05) is 0 Å². The zero-order valence-electron chi connectivity index (χ0n) is 8.25. The minimum atomic E-state index is -0.162. The normalized spacial score (nSPS) is 29.2. The van der Waals surface area contributed by atoms with Crippen LogP contribution >= 0.6 is 0 Å². The van der Waals surface area contributed by atoms with Gasteiger partial charge in [0.15, 0.2) is 0 Å². The predicted octanol–water partition coefficient (Wildman–Crippen LogP) is -1.30. The summed E-state index contributed by atoms with van der Waals surface area (Å²) >= 11 is 0. The molecule has 5 heteroatoms. The minimum Gasteiger partial charge on any atom is -0.314 e. The number of piperidine rings is 1. The first-order valence-corrected chi connectivity index (χ1v) is 4.95. The Morgan fingerprint density at radius 1 is 1.43 bits per heavy atom. The summed E-state index contributed by atoms with van der Waals surface area (Å²) in [5.41, 5.74) is 0. The standard InChI is InChI=1S/C9H15N3O2/c1-12-8(13)3-2-7(9(12)14)11-6-4-10-5-6/h6-7,10-11H,2-5H2,1H3. The van der Waals surface area contributed by atoms with E-state index in [-0.39, 0.29) is 17.9 Å². The first-order chi connectivity index (χ1) is 6.68. The molecule has 0 aromatic carbocycles. The molecule has 0 aromatic rings. The van der Waals surface area contributed by atoms with Gasteiger partial charge in [-0.3, -0.25) is 14.5 Å². The quantitative estimate of drug-likeness (QED) is 0.540. The molecule has 14 heavy (non-hydrogen) atoms. The van der Waals surface area contributed by atoms with Crippen LogP contribution in [0.2, 0.25) is 0 Å². The number of rotatable bonds is 2. The van der Waals surface area contributed by atoms with Crippen molar-refractivity contribution >= 4 is 11.8 Å². The third-order valence-corrected chi connectivity index (χ3v) is 2.87. The molecule has 0 saturated carbocycles. The van der Waals surface area contributed by atoms with Gasteiger partial charge in [0.05, 0.1) is 6.04 Å². The molecule has 78 valence electrons. The zero-order chi connectivity index (χ0) is 10.1. The Morgan fingerprint density at radius 3 is 2.71 bits per heavy atom. The summed E-state index contributed by atoms with van der Waals surface area (Å²) in [4.78, 5) is 24.0. The van der Waals surface area contributed by atoms with Gasteiger partial charge in [0.1, 0.15) is 0 Å². The second-order valence-electron chi connectivity index (χ2n) is 3.90. The van der Waals surface area contributed by atoms with Gasteiger partial charge in [0.2, 0.25) is 11.8 Å². The molecule has 2 rings (SSSR count). The molecule has 0 aliphatic carbocycles. The lowest BCUT2D eigenvalue weighted by Gasteiger charge is -2.35. The number of carbonyl (C=O) groups excluding carboxylic acids is 2. The highest BCUT2D eigenvalue weighted by atomic mass is 16.2. The Morgan fingerprint density at radius 2 is 2.14 bits per heavy atom. The fourth-order valence-corrected chi connectivity index (χ4v) is 1.76. The highest BCUT2D eigenvalue weighted by molar-refractivity contribution is 6.00. The number of carbonyl (C=O) groups is 2. The molecule has 2 fully saturated rings. The van der Waals surface area contributed by atoms with Crippen molar-refractivity contribution in [2.24, 2.45) is 0 Å². The summed E-state index contributed by atoms with van der Waals surface area (Å²) in [5, 5.41) is 6.38. The number of likely N-dealkylation sites (N-methyl/N-ethyl adjacent to an activating group) is 1. The summed E-state index contributed by atoms with van der Waals surface area (Å²) in [6.07, 6.45) is 1.11. The summed E-state index contributed by atoms with van der Waals surface area (Å²) in [7, 11) is 1.55. The van der Waals surface area contributed by atoms with Crippen LogP contribution in [0.4, 0.5) is 0 Å². The Kier molecular flexibility index (Phi) is 2.52. The number of hydrogen-bond donors (Lipinski definition) is 2. The van der Waals surface area contributed by atoms with E-state index in [1.165, 1.54) is 4.90 Å². The average molecular weight is 197 g/mol. The second kappa shape index (κ2) is 3.67. The van der Waals surface area contributed by atoms with E-state index in [0.717, 1.165) is 13.1 Å². The lowest BCUT2D eigenvalue weighted by atomic mass is 10.0. The van der Waals surface area contributed by atoms with Gasteiger partial charge >= 0.3 is 0 Å². The fraction of sp³-hybridized carbons (Fsp3) is 0.778. The van der Waals surface area contributed by atoms with Gasteiger partial charge in [-0.15, -0.1) is 0 Å². The average Bonchev–Trinajstić information content (AvgIpc) is 2.10. The van der Waals surface area contributed by atoms with Crippen LogP contribution in [0, 0.1) is 0 Å². The molecule has 2 amide bonds. The van der Waals surface area contributed by atoms with Crippen molar-refractivity contribution < 1.29 is 9.59 Å². The summed E-state index contributed by atoms with van der Waals surface area (Å²) in [6.45, 7) is 1.84. The lowest BCUT2D eigenvalue weighted by molar-refractivity contribution is -0.148. The molecular formula is C9H15N3O2. The van der Waals surface area contributed by atoms with Crippen LogP contribution in [0.1, 0.15) is 12.8 Å². The maximum Gasteiger partial charge on any atom is 0.246 e. The summed E-state index contributed by atoms with van der Waals surface area (Å²) in [6, 6.07) is 0.232. The Balaban J connectivity index is 1.92. The molecule has 2 aliphatic heterocycles. The van der Waals surface area contributed by atoms with Crippen molar-refractivity contribution in [1.82, 2.24) is 15.5 Å². The Labute approximate surface area is 82.8 Å². The number of nitrogens with zero attached hydrogens (tertiary/aromatic N) is 1. The van der Waals surface area contributed by atoms with Gasteiger partial charge < -0.3 is 10.6 Å². The molecule has 0 aromatic heterocycles. The number of nitrogens with one attached hydrogen (secondary N) is 2. The first-order valence-electron chi connectivity index (χ1n) is 4.95. The molecule has 2 saturated heterocycles. The van der Waals surface area contributed by atoms with Crippen LogP contribution in [-0.2, 0) is 9.59 Å². The highest BCUT2D eigenvalue weighted by Gasteiger charge is 2.33. The van der Waals surface area contributed by atoms with Gasteiger partial charge in [-0.25, -0.2) is 0 Å². The third-order valence-electron chi connectivity index (χ3n) is 2.87. The lowest BCUT2D eigenvalue weighted by Crippen LogP contribution is -2.62. The van der Waals surface area contributed by atoms with E-state index in [2.05, 4.69) is 10.6 Å². The van der Waals surface area contributed by atoms with Gasteiger partial charge in [0, 0.05) is 32.6 Å². The van der Waals surface area contributed by atoms with Crippen molar-refractivity contribution in [1.29, 1.82) is 0 Å². The summed E-state index contributed by atoms with van der Waals surface area (Å²) in [5.74, 6) is -0.159. The minimum absolute atomic E-state index is 0.0696.